The second-order valence-electron chi connectivity index (χ2n) is 5.86. The van der Waals surface area contributed by atoms with Crippen molar-refractivity contribution in [2.75, 3.05) is 11.6 Å². The maximum Gasteiger partial charge on any atom is 0.319 e. The van der Waals surface area contributed by atoms with E-state index in [4.69, 9.17) is 0 Å². The summed E-state index contributed by atoms with van der Waals surface area (Å²) in [6, 6.07) is 6.17. The van der Waals surface area contributed by atoms with E-state index in [1.54, 1.807) is 12.1 Å². The van der Waals surface area contributed by atoms with Gasteiger partial charge in [-0.3, -0.25) is 0 Å². The number of carbonyl (C=O) groups excluding carboxylic acids is 1. The van der Waals surface area contributed by atoms with E-state index in [-0.39, 0.29) is 17.0 Å². The normalized spacial score (nSPS) is 22.6. The molecule has 6 heteroatoms. The predicted octanol–water partition coefficient (Wildman–Crippen LogP) is 2.79. The van der Waals surface area contributed by atoms with Crippen molar-refractivity contribution in [3.8, 4) is 0 Å². The Kier molecular flexibility index (Phi) is 4.88. The summed E-state index contributed by atoms with van der Waals surface area (Å²) in [6.07, 6.45) is 5.57. The molecule has 0 aliphatic heterocycles. The molecule has 0 saturated heterocycles. The van der Waals surface area contributed by atoms with Crippen molar-refractivity contribution in [2.24, 2.45) is 5.92 Å². The number of rotatable bonds is 3. The number of hydrogen-bond donors (Lipinski definition) is 2. The zero-order chi connectivity index (χ0) is 15.5. The van der Waals surface area contributed by atoms with Crippen LogP contribution in [0.15, 0.2) is 29.2 Å². The average molecular weight is 310 g/mol. The lowest BCUT2D eigenvalue weighted by Crippen LogP contribution is -2.40. The number of benzene rings is 1. The van der Waals surface area contributed by atoms with Crippen LogP contribution in [0, 0.1) is 5.92 Å². The van der Waals surface area contributed by atoms with Crippen LogP contribution in [0.4, 0.5) is 10.5 Å². The second-order valence-corrected chi connectivity index (χ2v) is 7.88. The molecule has 1 aliphatic rings. The molecule has 1 saturated carbocycles. The third-order valence-corrected chi connectivity index (χ3v) is 4.94. The lowest BCUT2D eigenvalue weighted by Gasteiger charge is -2.27. The summed E-state index contributed by atoms with van der Waals surface area (Å²) in [5, 5.41) is 5.71. The number of hydrogen-bond acceptors (Lipinski definition) is 3. The Morgan fingerprint density at radius 1 is 1.19 bits per heavy atom. The van der Waals surface area contributed by atoms with Crippen LogP contribution in [0.1, 0.15) is 32.6 Å². The number of nitrogens with one attached hydrogen (secondary N) is 2. The van der Waals surface area contributed by atoms with Gasteiger partial charge in [0, 0.05) is 18.0 Å². The Labute approximate surface area is 126 Å². The molecule has 0 aromatic heterocycles. The van der Waals surface area contributed by atoms with Crippen molar-refractivity contribution >= 4 is 21.6 Å². The molecule has 5 nitrogen and oxygen atoms in total. The van der Waals surface area contributed by atoms with E-state index in [1.165, 1.54) is 18.6 Å². The van der Waals surface area contributed by atoms with Crippen molar-refractivity contribution in [2.45, 2.75) is 43.5 Å². The van der Waals surface area contributed by atoms with E-state index in [1.807, 2.05) is 0 Å². The van der Waals surface area contributed by atoms with Gasteiger partial charge in [0.15, 0.2) is 9.84 Å². The number of sulfone groups is 1. The van der Waals surface area contributed by atoms with Gasteiger partial charge in [-0.15, -0.1) is 0 Å². The lowest BCUT2D eigenvalue weighted by molar-refractivity contribution is 0.238. The molecule has 1 aliphatic carbocycles. The third-order valence-electron chi connectivity index (χ3n) is 3.81. The van der Waals surface area contributed by atoms with Gasteiger partial charge in [0.2, 0.25) is 0 Å². The van der Waals surface area contributed by atoms with Crippen molar-refractivity contribution < 1.29 is 13.2 Å². The molecule has 0 heterocycles. The highest BCUT2D eigenvalue weighted by Crippen LogP contribution is 2.23. The van der Waals surface area contributed by atoms with E-state index < -0.39 is 9.84 Å². The van der Waals surface area contributed by atoms with Crippen molar-refractivity contribution in [3.05, 3.63) is 24.3 Å². The predicted molar refractivity (Wildman–Crippen MR) is 83.1 cm³/mol. The summed E-state index contributed by atoms with van der Waals surface area (Å²) in [7, 11) is -3.21. The number of urea groups is 1. The Hall–Kier alpha value is -1.56. The topological polar surface area (TPSA) is 75.3 Å². The number of anilines is 1. The summed E-state index contributed by atoms with van der Waals surface area (Å²) in [5.74, 6) is 0.651. The number of amides is 2. The molecule has 1 aromatic carbocycles. The molecule has 1 aromatic rings. The third kappa shape index (κ3) is 4.74. The molecule has 0 unspecified atom stereocenters. The summed E-state index contributed by atoms with van der Waals surface area (Å²) < 4.78 is 22.7. The van der Waals surface area contributed by atoms with Crippen molar-refractivity contribution in [1.82, 2.24) is 5.32 Å². The van der Waals surface area contributed by atoms with Crippen LogP contribution in [0.2, 0.25) is 0 Å². The monoisotopic (exact) mass is 310 g/mol. The van der Waals surface area contributed by atoms with E-state index in [0.717, 1.165) is 25.5 Å². The fourth-order valence-electron chi connectivity index (χ4n) is 2.70. The molecule has 0 bridgehead atoms. The molecule has 1 fully saturated rings. The summed E-state index contributed by atoms with van der Waals surface area (Å²) >= 11 is 0. The maximum atomic E-state index is 11.9. The molecule has 2 rings (SSSR count). The average Bonchev–Trinajstić information content (AvgIpc) is 2.38. The van der Waals surface area contributed by atoms with Gasteiger partial charge in [0.25, 0.3) is 0 Å². The van der Waals surface area contributed by atoms with Gasteiger partial charge in [-0.2, -0.15) is 0 Å². The van der Waals surface area contributed by atoms with E-state index in [2.05, 4.69) is 17.6 Å². The fraction of sp³-hybridized carbons (Fsp3) is 0.533. The van der Waals surface area contributed by atoms with Gasteiger partial charge in [0.05, 0.1) is 4.90 Å². The Morgan fingerprint density at radius 2 is 1.86 bits per heavy atom. The fourth-order valence-corrected chi connectivity index (χ4v) is 3.33. The minimum absolute atomic E-state index is 0.226. The zero-order valence-electron chi connectivity index (χ0n) is 12.4. The molecule has 2 N–H and O–H groups in total. The first-order chi connectivity index (χ1) is 9.84. The standard InChI is InChI=1S/C15H22N2O3S/c1-11-4-3-5-13(10-11)17-15(18)16-12-6-8-14(9-7-12)21(2,19)20/h6-9,11,13H,3-5,10H2,1-2H3,(H2,16,17,18)/t11-,13-/m1/s1. The first kappa shape index (κ1) is 15.8. The van der Waals surface area contributed by atoms with E-state index >= 15 is 0 Å². The number of carbonyl (C=O) groups is 1. The van der Waals surface area contributed by atoms with Gasteiger partial charge < -0.3 is 10.6 Å². The smallest absolute Gasteiger partial charge is 0.319 e. The van der Waals surface area contributed by atoms with Crippen LogP contribution in [0.5, 0.6) is 0 Å². The van der Waals surface area contributed by atoms with E-state index in [9.17, 15) is 13.2 Å². The van der Waals surface area contributed by atoms with Gasteiger partial charge in [0.1, 0.15) is 0 Å². The van der Waals surface area contributed by atoms with Crippen LogP contribution in [-0.4, -0.2) is 26.7 Å². The summed E-state index contributed by atoms with van der Waals surface area (Å²) in [6.45, 7) is 2.20. The Bertz CT molecular complexity index is 596. The Balaban J connectivity index is 1.90. The van der Waals surface area contributed by atoms with Crippen molar-refractivity contribution in [3.63, 3.8) is 0 Å². The molecular weight excluding hydrogens is 288 g/mol. The molecule has 2 atom stereocenters. The quantitative estimate of drug-likeness (QED) is 0.901. The minimum Gasteiger partial charge on any atom is -0.335 e. The lowest BCUT2D eigenvalue weighted by atomic mass is 9.87. The van der Waals surface area contributed by atoms with Crippen LogP contribution in [0.25, 0.3) is 0 Å². The highest BCUT2D eigenvalue weighted by Gasteiger charge is 2.20. The highest BCUT2D eigenvalue weighted by molar-refractivity contribution is 7.90. The summed E-state index contributed by atoms with van der Waals surface area (Å²) in [4.78, 5) is 12.2. The second kappa shape index (κ2) is 6.47. The van der Waals surface area contributed by atoms with Crippen LogP contribution in [-0.2, 0) is 9.84 Å². The molecule has 116 valence electrons. The van der Waals surface area contributed by atoms with Gasteiger partial charge >= 0.3 is 6.03 Å². The molecule has 0 radical (unpaired) electrons. The minimum atomic E-state index is -3.21. The Morgan fingerprint density at radius 3 is 2.43 bits per heavy atom. The molecular formula is C15H22N2O3S. The van der Waals surface area contributed by atoms with Gasteiger partial charge in [-0.1, -0.05) is 19.8 Å². The van der Waals surface area contributed by atoms with Gasteiger partial charge in [-0.05, 0) is 43.0 Å². The molecule has 2 amide bonds. The summed E-state index contributed by atoms with van der Waals surface area (Å²) in [5.41, 5.74) is 0.587. The first-order valence-electron chi connectivity index (χ1n) is 7.22. The van der Waals surface area contributed by atoms with Crippen molar-refractivity contribution in [1.29, 1.82) is 0 Å². The molecule has 21 heavy (non-hydrogen) atoms. The van der Waals surface area contributed by atoms with E-state index in [0.29, 0.717) is 11.6 Å². The first-order valence-corrected chi connectivity index (χ1v) is 9.11. The SMILES string of the molecule is C[C@@H]1CCC[C@@H](NC(=O)Nc2ccc(S(C)(=O)=O)cc2)C1. The van der Waals surface area contributed by atoms with Crippen LogP contribution in [0.3, 0.4) is 0 Å². The molecule has 0 spiro atoms. The maximum absolute atomic E-state index is 11.9. The van der Waals surface area contributed by atoms with Crippen LogP contribution < -0.4 is 10.6 Å². The zero-order valence-corrected chi connectivity index (χ0v) is 13.2. The van der Waals surface area contributed by atoms with Gasteiger partial charge in [-0.25, -0.2) is 13.2 Å². The highest BCUT2D eigenvalue weighted by atomic mass is 32.2. The van der Waals surface area contributed by atoms with Crippen LogP contribution >= 0.6 is 0 Å². The largest absolute Gasteiger partial charge is 0.335 e.